The van der Waals surface area contributed by atoms with Crippen molar-refractivity contribution in [3.8, 4) is 0 Å². The number of aryl methyl sites for hydroxylation is 1. The number of hydrogen-bond donors (Lipinski definition) is 2. The molecule has 0 fully saturated rings. The first-order valence-corrected chi connectivity index (χ1v) is 8.25. The van der Waals surface area contributed by atoms with E-state index in [1.165, 1.54) is 11.1 Å². The first kappa shape index (κ1) is 23.1. The quantitative estimate of drug-likeness (QED) is 0.250. The van der Waals surface area contributed by atoms with Gasteiger partial charge in [0.1, 0.15) is 0 Å². The van der Waals surface area contributed by atoms with Crippen molar-refractivity contribution in [2.75, 3.05) is 47.1 Å². The van der Waals surface area contributed by atoms with Crippen LogP contribution in [0.3, 0.4) is 0 Å². The third-order valence-electron chi connectivity index (χ3n) is 3.60. The fourth-order valence-corrected chi connectivity index (χ4v) is 2.19. The summed E-state index contributed by atoms with van der Waals surface area (Å²) in [6, 6.07) is 8.64. The minimum atomic E-state index is 0. The molecule has 138 valence electrons. The molecule has 0 aliphatic heterocycles. The van der Waals surface area contributed by atoms with E-state index in [0.29, 0.717) is 19.1 Å². The average molecular weight is 449 g/mol. The third-order valence-corrected chi connectivity index (χ3v) is 3.60. The lowest BCUT2D eigenvalue weighted by Crippen LogP contribution is -2.39. The Hall–Kier alpha value is -0.860. The Morgan fingerprint density at radius 1 is 1.21 bits per heavy atom. The molecule has 2 N–H and O–H groups in total. The van der Waals surface area contributed by atoms with E-state index < -0.39 is 0 Å². The zero-order valence-electron chi connectivity index (χ0n) is 15.3. The van der Waals surface area contributed by atoms with E-state index in [1.54, 1.807) is 14.2 Å². The van der Waals surface area contributed by atoms with Crippen LogP contribution >= 0.6 is 24.0 Å². The summed E-state index contributed by atoms with van der Waals surface area (Å²) in [7, 11) is 3.47. The second-order valence-corrected chi connectivity index (χ2v) is 5.65. The molecule has 1 atom stereocenters. The highest BCUT2D eigenvalue weighted by molar-refractivity contribution is 14.0. The van der Waals surface area contributed by atoms with Crippen LogP contribution in [0.5, 0.6) is 0 Å². The topological polar surface area (TPSA) is 54.9 Å². The molecule has 1 aromatic carbocycles. The fourth-order valence-electron chi connectivity index (χ4n) is 2.19. The van der Waals surface area contributed by atoms with Crippen LogP contribution in [0.1, 0.15) is 30.4 Å². The molecule has 0 spiro atoms. The van der Waals surface area contributed by atoms with Gasteiger partial charge in [0.2, 0.25) is 0 Å². The van der Waals surface area contributed by atoms with Gasteiger partial charge in [-0.25, -0.2) is 0 Å². The summed E-state index contributed by atoms with van der Waals surface area (Å²) in [5.41, 5.74) is 2.64. The normalized spacial score (nSPS) is 12.4. The molecule has 0 saturated heterocycles. The van der Waals surface area contributed by atoms with Crippen molar-refractivity contribution in [2.45, 2.75) is 26.2 Å². The van der Waals surface area contributed by atoms with E-state index in [2.05, 4.69) is 53.7 Å². The van der Waals surface area contributed by atoms with Gasteiger partial charge in [-0.2, -0.15) is 0 Å². The van der Waals surface area contributed by atoms with Crippen molar-refractivity contribution in [1.82, 2.24) is 10.6 Å². The van der Waals surface area contributed by atoms with Gasteiger partial charge in [-0.05, 0) is 24.8 Å². The lowest BCUT2D eigenvalue weighted by Gasteiger charge is -2.17. The Morgan fingerprint density at radius 2 is 2.00 bits per heavy atom. The minimum Gasteiger partial charge on any atom is -0.382 e. The number of rotatable bonds is 10. The monoisotopic (exact) mass is 449 g/mol. The SMILES string of the molecule is CN=C(NCCCOCCOC)NCC(C)c1cccc(C)c1.I. The van der Waals surface area contributed by atoms with E-state index in [1.807, 2.05) is 0 Å². The van der Waals surface area contributed by atoms with Crippen molar-refractivity contribution >= 4 is 29.9 Å². The van der Waals surface area contributed by atoms with Crippen LogP contribution in [0.2, 0.25) is 0 Å². The first-order valence-electron chi connectivity index (χ1n) is 8.25. The van der Waals surface area contributed by atoms with Crippen molar-refractivity contribution in [3.05, 3.63) is 35.4 Å². The van der Waals surface area contributed by atoms with E-state index in [9.17, 15) is 0 Å². The Labute approximate surface area is 163 Å². The molecule has 0 bridgehead atoms. The molecule has 0 amide bonds. The predicted molar refractivity (Wildman–Crippen MR) is 112 cm³/mol. The van der Waals surface area contributed by atoms with Crippen LogP contribution < -0.4 is 10.6 Å². The number of benzene rings is 1. The maximum absolute atomic E-state index is 5.43. The van der Waals surface area contributed by atoms with E-state index in [4.69, 9.17) is 9.47 Å². The summed E-state index contributed by atoms with van der Waals surface area (Å²) in [5, 5.41) is 6.68. The fraction of sp³-hybridized carbons (Fsp3) is 0.611. The van der Waals surface area contributed by atoms with Gasteiger partial charge in [0.25, 0.3) is 0 Å². The summed E-state index contributed by atoms with van der Waals surface area (Å²) in [4.78, 5) is 4.25. The molecule has 0 aromatic heterocycles. The molecule has 0 heterocycles. The smallest absolute Gasteiger partial charge is 0.190 e. The molecule has 0 radical (unpaired) electrons. The van der Waals surface area contributed by atoms with E-state index >= 15 is 0 Å². The van der Waals surface area contributed by atoms with Crippen molar-refractivity contribution in [1.29, 1.82) is 0 Å². The maximum Gasteiger partial charge on any atom is 0.190 e. The Bertz CT molecular complexity index is 469. The number of nitrogens with zero attached hydrogens (tertiary/aromatic N) is 1. The van der Waals surface area contributed by atoms with Crippen LogP contribution in [0, 0.1) is 6.92 Å². The maximum atomic E-state index is 5.43. The Kier molecular flexibility index (Phi) is 14.0. The minimum absolute atomic E-state index is 0. The number of halogens is 1. The molecule has 1 unspecified atom stereocenters. The van der Waals surface area contributed by atoms with Gasteiger partial charge >= 0.3 is 0 Å². The van der Waals surface area contributed by atoms with Crippen LogP contribution in [-0.2, 0) is 9.47 Å². The lowest BCUT2D eigenvalue weighted by atomic mass is 9.99. The summed E-state index contributed by atoms with van der Waals surface area (Å²) < 4.78 is 10.4. The summed E-state index contributed by atoms with van der Waals surface area (Å²) in [6.07, 6.45) is 0.942. The van der Waals surface area contributed by atoms with Gasteiger partial charge in [-0.15, -0.1) is 24.0 Å². The first-order chi connectivity index (χ1) is 11.2. The van der Waals surface area contributed by atoms with Gasteiger partial charge in [0, 0.05) is 33.9 Å². The van der Waals surface area contributed by atoms with E-state index in [0.717, 1.165) is 32.1 Å². The number of nitrogens with one attached hydrogen (secondary N) is 2. The molecular formula is C18H32IN3O2. The summed E-state index contributed by atoms with van der Waals surface area (Å²) >= 11 is 0. The molecule has 1 rings (SSSR count). The third kappa shape index (κ3) is 10.1. The molecular weight excluding hydrogens is 417 g/mol. The van der Waals surface area contributed by atoms with Gasteiger partial charge in [0.15, 0.2) is 5.96 Å². The van der Waals surface area contributed by atoms with Crippen LogP contribution in [0.4, 0.5) is 0 Å². The zero-order chi connectivity index (χ0) is 16.9. The number of aliphatic imine (C=N–C) groups is 1. The highest BCUT2D eigenvalue weighted by Crippen LogP contribution is 2.15. The molecule has 24 heavy (non-hydrogen) atoms. The van der Waals surface area contributed by atoms with Gasteiger partial charge in [-0.3, -0.25) is 4.99 Å². The molecule has 0 aliphatic rings. The molecule has 5 nitrogen and oxygen atoms in total. The lowest BCUT2D eigenvalue weighted by molar-refractivity contribution is 0.0698. The van der Waals surface area contributed by atoms with Crippen LogP contribution in [0.25, 0.3) is 0 Å². The number of guanidine groups is 1. The van der Waals surface area contributed by atoms with E-state index in [-0.39, 0.29) is 24.0 Å². The number of methoxy groups -OCH3 is 1. The van der Waals surface area contributed by atoms with Crippen LogP contribution in [-0.4, -0.2) is 53.0 Å². The van der Waals surface area contributed by atoms with Crippen LogP contribution in [0.15, 0.2) is 29.3 Å². The van der Waals surface area contributed by atoms with Crippen molar-refractivity contribution in [3.63, 3.8) is 0 Å². The number of ether oxygens (including phenoxy) is 2. The molecule has 0 saturated carbocycles. The summed E-state index contributed by atoms with van der Waals surface area (Å²) in [5.74, 6) is 1.27. The Balaban J connectivity index is 0.00000529. The average Bonchev–Trinajstić information content (AvgIpc) is 2.56. The van der Waals surface area contributed by atoms with Gasteiger partial charge < -0.3 is 20.1 Å². The van der Waals surface area contributed by atoms with Crippen molar-refractivity contribution < 1.29 is 9.47 Å². The Morgan fingerprint density at radius 3 is 2.67 bits per heavy atom. The van der Waals surface area contributed by atoms with Gasteiger partial charge in [-0.1, -0.05) is 36.8 Å². The highest BCUT2D eigenvalue weighted by atomic mass is 127. The second-order valence-electron chi connectivity index (χ2n) is 5.65. The predicted octanol–water partition coefficient (Wildman–Crippen LogP) is 2.93. The zero-order valence-corrected chi connectivity index (χ0v) is 17.6. The highest BCUT2D eigenvalue weighted by Gasteiger charge is 2.06. The molecule has 6 heteroatoms. The number of hydrogen-bond acceptors (Lipinski definition) is 3. The molecule has 0 aliphatic carbocycles. The second kappa shape index (κ2) is 14.5. The largest absolute Gasteiger partial charge is 0.382 e. The summed E-state index contributed by atoms with van der Waals surface area (Å²) in [6.45, 7) is 8.06. The standard InChI is InChI=1S/C18H31N3O2.HI/c1-15-7-5-8-17(13-15)16(2)14-21-18(19-3)20-9-6-10-23-12-11-22-4;/h5,7-8,13,16H,6,9-12,14H2,1-4H3,(H2,19,20,21);1H. The molecule has 1 aromatic rings. The van der Waals surface area contributed by atoms with Crippen molar-refractivity contribution in [2.24, 2.45) is 4.99 Å². The van der Waals surface area contributed by atoms with Gasteiger partial charge in [0.05, 0.1) is 13.2 Å².